The van der Waals surface area contributed by atoms with E-state index in [1.807, 2.05) is 0 Å². The number of ether oxygens (including phenoxy) is 7. The van der Waals surface area contributed by atoms with Crippen LogP contribution < -0.4 is 9.47 Å². The van der Waals surface area contributed by atoms with Crippen molar-refractivity contribution in [3.8, 4) is 57.5 Å². The molecule has 5 aromatic rings. The Morgan fingerprint density at radius 1 is 0.581 bits per heavy atom. The summed E-state index contributed by atoms with van der Waals surface area (Å²) in [5.41, 5.74) is 0.0197. The van der Waals surface area contributed by atoms with Crippen LogP contribution in [0, 0.1) is 0 Å². The number of aromatic hydroxyl groups is 8. The van der Waals surface area contributed by atoms with Gasteiger partial charge in [0, 0.05) is 47.4 Å². The molecule has 23 heteroatoms. The van der Waals surface area contributed by atoms with Gasteiger partial charge in [0.2, 0.25) is 0 Å². The maximum Gasteiger partial charge on any atom is 0.330 e. The normalized spacial score (nSPS) is 30.7. The maximum atomic E-state index is 12.7. The average molecular weight is 1030 g/mol. The molecule has 74 heavy (non-hydrogen) atoms. The first-order valence-electron chi connectivity index (χ1n) is 23.0. The third-order valence-corrected chi connectivity index (χ3v) is 13.3. The lowest BCUT2D eigenvalue weighted by molar-refractivity contribution is -0.319. The molecule has 9 rings (SSSR count). The van der Waals surface area contributed by atoms with Crippen LogP contribution in [-0.4, -0.2) is 169 Å². The van der Waals surface area contributed by atoms with Gasteiger partial charge in [0.05, 0.1) is 12.5 Å². The quantitative estimate of drug-likeness (QED) is 0.0469. The monoisotopic (exact) mass is 1030 g/mol. The van der Waals surface area contributed by atoms with E-state index in [1.54, 1.807) is 30.3 Å². The molecule has 5 aromatic carbocycles. The number of benzene rings is 5. The molecule has 394 valence electrons. The number of esters is 1. The summed E-state index contributed by atoms with van der Waals surface area (Å²) in [6.07, 6.45) is -22.6. The number of hydrogen-bond acceptors (Lipinski definition) is 23. The van der Waals surface area contributed by atoms with E-state index < -0.39 is 163 Å². The average Bonchev–Trinajstić information content (AvgIpc) is 3.37. The maximum absolute atomic E-state index is 12.7. The molecule has 0 radical (unpaired) electrons. The Labute approximate surface area is 418 Å². The zero-order valence-electron chi connectivity index (χ0n) is 38.5. The Bertz CT molecular complexity index is 2880. The number of fused-ring (bicyclic) bond motifs is 2. The second-order valence-corrected chi connectivity index (χ2v) is 18.1. The highest BCUT2D eigenvalue weighted by molar-refractivity contribution is 5.87. The standard InChI is InChI=1S/C51H52O23/c52-18-34-40(62)42(64)45(67)51(71-34)74-49-39(37-30(59)14-23(53)15-32(37)69-47(49)22-8-10-26(55)29(58)13-22)38-31(60)17-27(56)24-16-33(46(73-48(24)38)21-7-9-25(54)28(57)12-21)70-50-44(66)43(65)41(63)35(72-50)19-68-36(61)11-6-20-4-2-1-3-5-20/h1-15,17,33-35,39-47,49-60,62-67H,16,18-19H2. The van der Waals surface area contributed by atoms with E-state index in [0.717, 1.165) is 48.5 Å². The summed E-state index contributed by atoms with van der Waals surface area (Å²) in [5, 5.41) is 164. The van der Waals surface area contributed by atoms with Crippen molar-refractivity contribution in [3.63, 3.8) is 0 Å². The highest BCUT2D eigenvalue weighted by Gasteiger charge is 2.53. The summed E-state index contributed by atoms with van der Waals surface area (Å²) in [6.45, 7) is -1.52. The Morgan fingerprint density at radius 2 is 1.18 bits per heavy atom. The Kier molecular flexibility index (Phi) is 14.7. The van der Waals surface area contributed by atoms with E-state index >= 15 is 0 Å². The lowest BCUT2D eigenvalue weighted by Crippen LogP contribution is -2.60. The number of carbonyl (C=O) groups excluding carboxylic acids is 1. The molecule has 0 aliphatic carbocycles. The van der Waals surface area contributed by atoms with Crippen LogP contribution in [0.25, 0.3) is 6.08 Å². The molecule has 4 aliphatic rings. The minimum Gasteiger partial charge on any atom is -0.508 e. The van der Waals surface area contributed by atoms with Gasteiger partial charge in [-0.2, -0.15) is 0 Å². The fraction of sp³-hybridized carbons (Fsp3) is 0.353. The minimum atomic E-state index is -2.06. The molecule has 0 aromatic heterocycles. The molecule has 0 spiro atoms. The van der Waals surface area contributed by atoms with Crippen LogP contribution in [0.4, 0.5) is 0 Å². The Hall–Kier alpha value is -7.13. The predicted octanol–water partition coefficient (Wildman–Crippen LogP) is 0.908. The first kappa shape index (κ1) is 51.8. The molecule has 23 nitrogen and oxygen atoms in total. The fourth-order valence-electron chi connectivity index (χ4n) is 9.55. The molecule has 15 N–H and O–H groups in total. The van der Waals surface area contributed by atoms with Gasteiger partial charge >= 0.3 is 5.97 Å². The van der Waals surface area contributed by atoms with Crippen LogP contribution in [0.2, 0.25) is 0 Å². The van der Waals surface area contributed by atoms with E-state index in [0.29, 0.717) is 5.56 Å². The van der Waals surface area contributed by atoms with E-state index in [1.165, 1.54) is 18.2 Å². The zero-order chi connectivity index (χ0) is 52.9. The van der Waals surface area contributed by atoms with E-state index in [9.17, 15) is 81.4 Å². The second-order valence-electron chi connectivity index (χ2n) is 18.1. The number of hydrogen-bond donors (Lipinski definition) is 15. The number of aliphatic hydroxyl groups is 7. The van der Waals surface area contributed by atoms with Crippen molar-refractivity contribution in [2.45, 2.75) is 98.2 Å². The summed E-state index contributed by atoms with van der Waals surface area (Å²) in [5.74, 6) is -8.18. The second kappa shape index (κ2) is 21.0. The Morgan fingerprint density at radius 3 is 1.81 bits per heavy atom. The number of phenols is 8. The van der Waals surface area contributed by atoms with Gasteiger partial charge in [-0.05, 0) is 47.0 Å². The van der Waals surface area contributed by atoms with Crippen LogP contribution >= 0.6 is 0 Å². The van der Waals surface area contributed by atoms with E-state index in [4.69, 9.17) is 33.2 Å². The minimum absolute atomic E-state index is 0.0161. The van der Waals surface area contributed by atoms with Crippen molar-refractivity contribution in [1.29, 1.82) is 0 Å². The van der Waals surface area contributed by atoms with Crippen molar-refractivity contribution >= 4 is 12.0 Å². The first-order valence-corrected chi connectivity index (χ1v) is 23.0. The van der Waals surface area contributed by atoms with E-state index in [-0.39, 0.29) is 39.3 Å². The van der Waals surface area contributed by atoms with Crippen molar-refractivity contribution in [2.75, 3.05) is 13.2 Å². The molecule has 2 fully saturated rings. The predicted molar refractivity (Wildman–Crippen MR) is 248 cm³/mol. The fourth-order valence-corrected chi connectivity index (χ4v) is 9.55. The lowest BCUT2D eigenvalue weighted by Gasteiger charge is -2.46. The SMILES string of the molecule is O=C(C=Cc1ccccc1)OCC1OC(OC2Cc3c(O)cc(O)c(C4c5c(O)cc(O)cc5OC(c5ccc(O)c(O)c5)C4OC4OC(CO)C(O)C(O)C4O)c3OC2c2ccc(O)c(O)c2)C(O)C(O)C1O. The van der Waals surface area contributed by atoms with Gasteiger partial charge in [-0.15, -0.1) is 0 Å². The summed E-state index contributed by atoms with van der Waals surface area (Å²) in [7, 11) is 0. The molecule has 15 unspecified atom stereocenters. The number of phenolic OH excluding ortho intramolecular Hbond substituents is 8. The molecular formula is C51H52O23. The van der Waals surface area contributed by atoms with Gasteiger partial charge < -0.3 is 110 Å². The van der Waals surface area contributed by atoms with Crippen molar-refractivity contribution < 1.29 is 115 Å². The van der Waals surface area contributed by atoms with Crippen molar-refractivity contribution in [3.05, 3.63) is 124 Å². The van der Waals surface area contributed by atoms with Crippen LogP contribution in [0.15, 0.2) is 91.0 Å². The van der Waals surface area contributed by atoms with Gasteiger partial charge in [0.15, 0.2) is 47.8 Å². The van der Waals surface area contributed by atoms with Gasteiger partial charge in [0.25, 0.3) is 0 Å². The van der Waals surface area contributed by atoms with Crippen molar-refractivity contribution in [2.24, 2.45) is 0 Å². The summed E-state index contributed by atoms with van der Waals surface area (Å²) in [6, 6.07) is 18.6. The van der Waals surface area contributed by atoms with Gasteiger partial charge in [-0.3, -0.25) is 0 Å². The number of rotatable bonds is 12. The molecule has 15 atom stereocenters. The highest BCUT2D eigenvalue weighted by Crippen LogP contribution is 2.59. The van der Waals surface area contributed by atoms with Crippen LogP contribution in [0.1, 0.15) is 51.5 Å². The third kappa shape index (κ3) is 9.98. The molecule has 0 saturated carbocycles. The zero-order valence-corrected chi connectivity index (χ0v) is 38.5. The van der Waals surface area contributed by atoms with Crippen LogP contribution in [0.5, 0.6) is 57.5 Å². The summed E-state index contributed by atoms with van der Waals surface area (Å²) >= 11 is 0. The first-order chi connectivity index (χ1) is 35.3. The Balaban J connectivity index is 1.14. The molecule has 0 amide bonds. The molecular weight excluding hydrogens is 981 g/mol. The molecule has 0 bridgehead atoms. The topological polar surface area (TPSA) is 385 Å². The van der Waals surface area contributed by atoms with Gasteiger partial charge in [0.1, 0.15) is 102 Å². The number of carbonyl (C=O) groups is 1. The van der Waals surface area contributed by atoms with Gasteiger partial charge in [-0.1, -0.05) is 42.5 Å². The summed E-state index contributed by atoms with van der Waals surface area (Å²) in [4.78, 5) is 12.7. The molecule has 2 saturated heterocycles. The van der Waals surface area contributed by atoms with Crippen molar-refractivity contribution in [1.82, 2.24) is 0 Å². The lowest BCUT2D eigenvalue weighted by atomic mass is 9.77. The highest BCUT2D eigenvalue weighted by atomic mass is 16.7. The van der Waals surface area contributed by atoms with E-state index in [2.05, 4.69) is 0 Å². The van der Waals surface area contributed by atoms with Crippen LogP contribution in [-0.2, 0) is 34.9 Å². The smallest absolute Gasteiger partial charge is 0.330 e. The number of aliphatic hydroxyl groups excluding tert-OH is 7. The summed E-state index contributed by atoms with van der Waals surface area (Å²) < 4.78 is 42.8. The molecule has 4 heterocycles. The van der Waals surface area contributed by atoms with Gasteiger partial charge in [-0.25, -0.2) is 4.79 Å². The molecule has 4 aliphatic heterocycles. The third-order valence-electron chi connectivity index (χ3n) is 13.3. The van der Waals surface area contributed by atoms with Crippen LogP contribution in [0.3, 0.4) is 0 Å². The largest absolute Gasteiger partial charge is 0.508 e.